The van der Waals surface area contributed by atoms with Crippen LogP contribution < -0.4 is 31.3 Å². The SMILES string of the molecule is CCCCOc1c[nH]c(CNC(=O)c2ccc(SNC[C@H]3NC(=O)[C@H]3N)cc2)cc1=O. The fraction of sp³-hybridized carbons (Fsp3) is 0.381. The molecule has 0 spiro atoms. The van der Waals surface area contributed by atoms with Crippen molar-refractivity contribution < 1.29 is 14.3 Å². The van der Waals surface area contributed by atoms with Crippen LogP contribution in [0.15, 0.2) is 46.2 Å². The van der Waals surface area contributed by atoms with E-state index in [1.165, 1.54) is 24.2 Å². The number of amides is 2. The number of β-lactam (4-membered cyclic amide) rings is 1. The average Bonchev–Trinajstić information content (AvgIpc) is 2.78. The molecule has 0 bridgehead atoms. The van der Waals surface area contributed by atoms with E-state index in [4.69, 9.17) is 10.5 Å². The highest BCUT2D eigenvalue weighted by molar-refractivity contribution is 7.97. The summed E-state index contributed by atoms with van der Waals surface area (Å²) in [5.74, 6) is -0.0869. The maximum atomic E-state index is 12.4. The maximum Gasteiger partial charge on any atom is 0.251 e. The minimum absolute atomic E-state index is 0.0616. The highest BCUT2D eigenvalue weighted by Crippen LogP contribution is 2.16. The Morgan fingerprint density at radius 2 is 2.03 bits per heavy atom. The quantitative estimate of drug-likeness (QED) is 0.197. The lowest BCUT2D eigenvalue weighted by Crippen LogP contribution is -2.69. The monoisotopic (exact) mass is 445 g/mol. The summed E-state index contributed by atoms with van der Waals surface area (Å²) in [6.07, 6.45) is 3.41. The lowest BCUT2D eigenvalue weighted by Gasteiger charge is -2.33. The molecule has 0 saturated carbocycles. The first-order chi connectivity index (χ1) is 15.0. The first-order valence-corrected chi connectivity index (χ1v) is 11.0. The van der Waals surface area contributed by atoms with Crippen molar-refractivity contribution in [3.8, 4) is 5.75 Å². The predicted octanol–water partition coefficient (Wildman–Crippen LogP) is 0.906. The third-order valence-electron chi connectivity index (χ3n) is 4.81. The number of nitrogens with two attached hydrogens (primary N) is 1. The number of benzene rings is 1. The van der Waals surface area contributed by atoms with Crippen molar-refractivity contribution in [3.63, 3.8) is 0 Å². The van der Waals surface area contributed by atoms with Crippen LogP contribution in [-0.2, 0) is 11.3 Å². The number of carbonyl (C=O) groups excluding carboxylic acids is 2. The lowest BCUT2D eigenvalue weighted by atomic mass is 10.0. The molecule has 2 atom stereocenters. The van der Waals surface area contributed by atoms with E-state index in [-0.39, 0.29) is 35.6 Å². The molecule has 2 aromatic rings. The van der Waals surface area contributed by atoms with E-state index in [9.17, 15) is 14.4 Å². The lowest BCUT2D eigenvalue weighted by molar-refractivity contribution is -0.130. The number of ether oxygens (including phenoxy) is 1. The Morgan fingerprint density at radius 1 is 1.26 bits per heavy atom. The fourth-order valence-corrected chi connectivity index (χ4v) is 3.54. The van der Waals surface area contributed by atoms with Crippen LogP contribution in [0.4, 0.5) is 0 Å². The number of carbonyl (C=O) groups is 2. The van der Waals surface area contributed by atoms with E-state index in [0.717, 1.165) is 17.7 Å². The van der Waals surface area contributed by atoms with Gasteiger partial charge in [-0.3, -0.25) is 19.1 Å². The van der Waals surface area contributed by atoms with Crippen LogP contribution in [0.25, 0.3) is 0 Å². The number of H-pyrrole nitrogens is 1. The summed E-state index contributed by atoms with van der Waals surface area (Å²) < 4.78 is 8.59. The van der Waals surface area contributed by atoms with Crippen molar-refractivity contribution in [1.29, 1.82) is 0 Å². The van der Waals surface area contributed by atoms with Gasteiger partial charge >= 0.3 is 0 Å². The van der Waals surface area contributed by atoms with Crippen molar-refractivity contribution >= 4 is 23.8 Å². The van der Waals surface area contributed by atoms with Crippen molar-refractivity contribution in [2.24, 2.45) is 5.73 Å². The number of unbranched alkanes of at least 4 members (excludes halogenated alkanes) is 1. The van der Waals surface area contributed by atoms with Gasteiger partial charge in [-0.2, -0.15) is 0 Å². The minimum atomic E-state index is -0.459. The van der Waals surface area contributed by atoms with E-state index in [2.05, 4.69) is 27.3 Å². The Kier molecular flexibility index (Phi) is 8.10. The molecule has 1 aliphatic rings. The topological polar surface area (TPSA) is 138 Å². The van der Waals surface area contributed by atoms with Gasteiger partial charge in [0.2, 0.25) is 11.3 Å². The zero-order valence-corrected chi connectivity index (χ0v) is 18.1. The molecule has 1 aromatic heterocycles. The molecule has 1 saturated heterocycles. The summed E-state index contributed by atoms with van der Waals surface area (Å²) in [6.45, 7) is 3.32. The van der Waals surface area contributed by atoms with Crippen LogP contribution in [0.2, 0.25) is 0 Å². The summed E-state index contributed by atoms with van der Waals surface area (Å²) in [4.78, 5) is 39.4. The normalized spacial score (nSPS) is 17.5. The van der Waals surface area contributed by atoms with Gasteiger partial charge in [0.25, 0.3) is 5.91 Å². The number of hydrogen-bond donors (Lipinski definition) is 5. The van der Waals surface area contributed by atoms with Gasteiger partial charge in [-0.25, -0.2) is 0 Å². The zero-order valence-electron chi connectivity index (χ0n) is 17.3. The van der Waals surface area contributed by atoms with Gasteiger partial charge in [-0.05, 0) is 42.6 Å². The van der Waals surface area contributed by atoms with Gasteiger partial charge in [0.15, 0.2) is 5.75 Å². The fourth-order valence-electron chi connectivity index (χ4n) is 2.84. The van der Waals surface area contributed by atoms with Crippen LogP contribution in [0.3, 0.4) is 0 Å². The minimum Gasteiger partial charge on any atom is -0.488 e. The summed E-state index contributed by atoms with van der Waals surface area (Å²) in [5, 5.41) is 5.52. The molecule has 166 valence electrons. The van der Waals surface area contributed by atoms with Crippen LogP contribution in [0, 0.1) is 0 Å². The van der Waals surface area contributed by atoms with Gasteiger partial charge in [-0.15, -0.1) is 0 Å². The molecule has 2 amide bonds. The summed E-state index contributed by atoms with van der Waals surface area (Å²) in [6, 6.07) is 8.02. The molecule has 31 heavy (non-hydrogen) atoms. The maximum absolute atomic E-state index is 12.4. The number of aromatic nitrogens is 1. The summed E-state index contributed by atoms with van der Waals surface area (Å²) in [5.41, 5.74) is 6.58. The van der Waals surface area contributed by atoms with E-state index < -0.39 is 6.04 Å². The molecule has 2 heterocycles. The standard InChI is InChI=1S/C21H27N5O4S/c1-2-3-8-30-18-12-23-14(9-17(18)27)10-24-20(28)13-4-6-15(7-5-13)31-25-11-16-19(22)21(29)26-16/h4-7,9,12,16,19,25H,2-3,8,10-11,22H2,1H3,(H,23,27)(H,24,28)(H,26,29)/t16-,19+/m1/s1. The van der Waals surface area contributed by atoms with Gasteiger partial charge in [0.1, 0.15) is 6.04 Å². The van der Waals surface area contributed by atoms with Gasteiger partial charge in [0, 0.05) is 35.0 Å². The van der Waals surface area contributed by atoms with Crippen LogP contribution >= 0.6 is 11.9 Å². The second-order valence-corrected chi connectivity index (χ2v) is 8.15. The highest BCUT2D eigenvalue weighted by Gasteiger charge is 2.35. The number of aromatic amines is 1. The molecule has 1 aromatic carbocycles. The number of nitrogens with one attached hydrogen (secondary N) is 4. The molecule has 1 aliphatic heterocycles. The van der Waals surface area contributed by atoms with Crippen molar-refractivity contribution in [3.05, 3.63) is 58.0 Å². The van der Waals surface area contributed by atoms with Crippen LogP contribution in [0.1, 0.15) is 35.8 Å². The second-order valence-electron chi connectivity index (χ2n) is 7.19. The molecule has 1 fully saturated rings. The Labute approximate surface area is 184 Å². The molecule has 0 radical (unpaired) electrons. The van der Waals surface area contributed by atoms with E-state index in [0.29, 0.717) is 24.4 Å². The number of hydrogen-bond acceptors (Lipinski definition) is 7. The third kappa shape index (κ3) is 6.33. The third-order valence-corrected chi connectivity index (χ3v) is 5.62. The molecular weight excluding hydrogens is 418 g/mol. The average molecular weight is 446 g/mol. The molecule has 3 rings (SSSR count). The van der Waals surface area contributed by atoms with Crippen molar-refractivity contribution in [2.45, 2.75) is 43.3 Å². The Bertz CT molecular complexity index is 963. The van der Waals surface area contributed by atoms with Crippen molar-refractivity contribution in [1.82, 2.24) is 20.3 Å². The summed E-state index contributed by atoms with van der Waals surface area (Å²) in [7, 11) is 0. The second kappa shape index (κ2) is 11.0. The Morgan fingerprint density at radius 3 is 2.68 bits per heavy atom. The zero-order chi connectivity index (χ0) is 22.2. The number of pyridine rings is 1. The predicted molar refractivity (Wildman–Crippen MR) is 119 cm³/mol. The first kappa shape index (κ1) is 22.9. The first-order valence-electron chi connectivity index (χ1n) is 10.2. The summed E-state index contributed by atoms with van der Waals surface area (Å²) >= 11 is 1.40. The molecular formula is C21H27N5O4S. The van der Waals surface area contributed by atoms with Crippen LogP contribution in [0.5, 0.6) is 5.75 Å². The van der Waals surface area contributed by atoms with Gasteiger partial charge < -0.3 is 26.1 Å². The molecule has 6 N–H and O–H groups in total. The van der Waals surface area contributed by atoms with Gasteiger partial charge in [-0.1, -0.05) is 13.3 Å². The molecule has 10 heteroatoms. The van der Waals surface area contributed by atoms with E-state index in [1.807, 2.05) is 12.1 Å². The smallest absolute Gasteiger partial charge is 0.251 e. The van der Waals surface area contributed by atoms with Crippen LogP contribution in [-0.4, -0.2) is 42.0 Å². The molecule has 0 aliphatic carbocycles. The number of rotatable bonds is 11. The van der Waals surface area contributed by atoms with E-state index in [1.54, 1.807) is 12.1 Å². The van der Waals surface area contributed by atoms with Gasteiger partial charge in [0.05, 0.1) is 19.2 Å². The Balaban J connectivity index is 1.43. The highest BCUT2D eigenvalue weighted by atomic mass is 32.2. The Hall–Kier alpha value is -2.82. The molecule has 0 unspecified atom stereocenters. The van der Waals surface area contributed by atoms with Crippen molar-refractivity contribution in [2.75, 3.05) is 13.2 Å². The largest absolute Gasteiger partial charge is 0.488 e. The van der Waals surface area contributed by atoms with E-state index >= 15 is 0 Å². The molecule has 9 nitrogen and oxygen atoms in total.